The zero-order valence-electron chi connectivity index (χ0n) is 13.1. The van der Waals surface area contributed by atoms with Crippen molar-refractivity contribution in [3.8, 4) is 0 Å². The summed E-state index contributed by atoms with van der Waals surface area (Å²) in [5.74, 6) is 0.227. The number of anilines is 1. The number of nitrogen functional groups attached to an aromatic ring is 1. The lowest BCUT2D eigenvalue weighted by atomic mass is 10.0. The Hall–Kier alpha value is -0.720. The molecule has 0 unspecified atom stereocenters. The van der Waals surface area contributed by atoms with Gasteiger partial charge in [0.2, 0.25) is 4.77 Å². The van der Waals surface area contributed by atoms with Crippen molar-refractivity contribution < 1.29 is 14.9 Å². The minimum Gasteiger partial charge on any atom is -0.388 e. The summed E-state index contributed by atoms with van der Waals surface area (Å²) < 4.78 is 7.86. The normalized spacial score (nSPS) is 29.0. The monoisotopic (exact) mass is 345 g/mol. The molecule has 0 aromatic carbocycles. The van der Waals surface area contributed by atoms with Gasteiger partial charge in [0.25, 0.3) is 0 Å². The second kappa shape index (κ2) is 6.42. The zero-order valence-corrected chi connectivity index (χ0v) is 14.8. The first-order chi connectivity index (χ1) is 10.1. The zero-order chi connectivity index (χ0) is 16.7. The molecule has 0 radical (unpaired) electrons. The van der Waals surface area contributed by atoms with E-state index < -0.39 is 31.3 Å². The van der Waals surface area contributed by atoms with Crippen molar-refractivity contribution in [2.75, 3.05) is 25.2 Å². The van der Waals surface area contributed by atoms with E-state index in [0.29, 0.717) is 16.8 Å². The smallest absolute Gasteiger partial charge is 0.201 e. The predicted molar refractivity (Wildman–Crippen MR) is 93.5 cm³/mol. The number of nitrogens with two attached hydrogens (primary N) is 1. The van der Waals surface area contributed by atoms with Gasteiger partial charge in [-0.1, -0.05) is 0 Å². The van der Waals surface area contributed by atoms with Crippen LogP contribution in [0.3, 0.4) is 0 Å². The minimum atomic E-state index is -1.21. The molecule has 0 spiro atoms. The summed E-state index contributed by atoms with van der Waals surface area (Å²) in [5, 5.41) is 20.5. The molecule has 1 saturated heterocycles. The van der Waals surface area contributed by atoms with Crippen LogP contribution in [0.25, 0.3) is 0 Å². The number of nitrogens with zero attached hydrogens (tertiary/aromatic N) is 2. The van der Waals surface area contributed by atoms with Crippen LogP contribution in [0.5, 0.6) is 0 Å². The van der Waals surface area contributed by atoms with Crippen molar-refractivity contribution in [1.29, 1.82) is 0 Å². The third-order valence-electron chi connectivity index (χ3n) is 3.83. The molecule has 2 heterocycles. The Kier molecular flexibility index (Phi) is 5.14. The number of ether oxygens (including phenoxy) is 1. The van der Waals surface area contributed by atoms with Crippen molar-refractivity contribution in [3.05, 3.63) is 16.5 Å². The highest BCUT2D eigenvalue weighted by molar-refractivity contribution is 7.72. The summed E-state index contributed by atoms with van der Waals surface area (Å²) in [5.41, 5.74) is 6.45. The summed E-state index contributed by atoms with van der Waals surface area (Å²) >= 11 is 5.05. The van der Waals surface area contributed by atoms with Crippen LogP contribution in [0.2, 0.25) is 0 Å². The fourth-order valence-electron chi connectivity index (χ4n) is 2.52. The van der Waals surface area contributed by atoms with Crippen LogP contribution >= 0.6 is 19.1 Å². The van der Waals surface area contributed by atoms with Crippen LogP contribution in [0.4, 0.5) is 5.82 Å². The third-order valence-corrected chi connectivity index (χ3v) is 5.68. The van der Waals surface area contributed by atoms with E-state index in [9.17, 15) is 10.2 Å². The number of aliphatic hydroxyl groups is 2. The molecule has 0 saturated carbocycles. The van der Waals surface area contributed by atoms with Gasteiger partial charge in [-0.25, -0.2) is 4.98 Å². The van der Waals surface area contributed by atoms with Gasteiger partial charge in [-0.2, -0.15) is 0 Å². The van der Waals surface area contributed by atoms with E-state index in [1.54, 1.807) is 17.8 Å². The van der Waals surface area contributed by atoms with Gasteiger partial charge in [-0.05, 0) is 38.1 Å². The molecule has 4 atom stereocenters. The molecule has 0 aliphatic carbocycles. The Morgan fingerprint density at radius 2 is 2.09 bits per heavy atom. The van der Waals surface area contributed by atoms with Gasteiger partial charge in [0.05, 0.1) is 6.10 Å². The molecule has 1 aliphatic rings. The first kappa shape index (κ1) is 17.6. The average Bonchev–Trinajstić information content (AvgIpc) is 2.68. The van der Waals surface area contributed by atoms with Crippen molar-refractivity contribution in [2.24, 2.45) is 7.05 Å². The number of hydrogen-bond acceptors (Lipinski definition) is 6. The van der Waals surface area contributed by atoms with E-state index in [1.165, 1.54) is 0 Å². The van der Waals surface area contributed by atoms with E-state index in [0.717, 1.165) is 6.16 Å². The molecule has 1 aromatic rings. The Bertz CT molecular complexity index is 657. The highest BCUT2D eigenvalue weighted by Gasteiger charge is 2.44. The summed E-state index contributed by atoms with van der Waals surface area (Å²) in [6.07, 6.45) is 4.32. The number of aromatic nitrogens is 2. The molecular weight excluding hydrogens is 321 g/mol. The number of aliphatic hydroxyl groups excluding tert-OH is 2. The highest BCUT2D eigenvalue weighted by atomic mass is 32.1. The lowest BCUT2D eigenvalue weighted by Gasteiger charge is -2.19. The lowest BCUT2D eigenvalue weighted by molar-refractivity contribution is 0.00595. The highest BCUT2D eigenvalue weighted by Crippen LogP contribution is 2.41. The van der Waals surface area contributed by atoms with Gasteiger partial charge in [0.1, 0.15) is 24.1 Å². The summed E-state index contributed by atoms with van der Waals surface area (Å²) in [6.45, 7) is 3.06. The van der Waals surface area contributed by atoms with Crippen LogP contribution in [0.1, 0.15) is 18.1 Å². The Morgan fingerprint density at radius 3 is 2.68 bits per heavy atom. The third kappa shape index (κ3) is 3.78. The molecule has 124 valence electrons. The molecule has 1 aliphatic heterocycles. The summed E-state index contributed by atoms with van der Waals surface area (Å²) in [6, 6.07) is 0. The van der Waals surface area contributed by atoms with Crippen molar-refractivity contribution in [1.82, 2.24) is 9.55 Å². The van der Waals surface area contributed by atoms with Gasteiger partial charge in [-0.15, -0.1) is 13.2 Å². The first-order valence-corrected chi connectivity index (χ1v) is 10.6. The SMILES string of the molecule is C=P(C)(C)CC[C@H]1O[C@@H](c2cn(C)c(=S)nc2N)[C@H](O)[C@@H]1O. The molecule has 1 aromatic heterocycles. The molecule has 0 bridgehead atoms. The van der Waals surface area contributed by atoms with Crippen LogP contribution in [0.15, 0.2) is 6.20 Å². The van der Waals surface area contributed by atoms with Crippen LogP contribution < -0.4 is 5.73 Å². The molecule has 0 amide bonds. The quantitative estimate of drug-likeness (QED) is 0.557. The average molecular weight is 345 g/mol. The lowest BCUT2D eigenvalue weighted by Crippen LogP contribution is -2.31. The van der Waals surface area contributed by atoms with E-state index >= 15 is 0 Å². The Labute approximate surface area is 135 Å². The molecule has 8 heteroatoms. The van der Waals surface area contributed by atoms with Gasteiger partial charge in [0, 0.05) is 18.8 Å². The molecule has 4 N–H and O–H groups in total. The van der Waals surface area contributed by atoms with E-state index in [4.69, 9.17) is 22.7 Å². The second-order valence-electron chi connectivity index (χ2n) is 6.50. The minimum absolute atomic E-state index is 0.227. The molecule has 6 nitrogen and oxygen atoms in total. The summed E-state index contributed by atoms with van der Waals surface area (Å²) in [4.78, 5) is 4.07. The van der Waals surface area contributed by atoms with E-state index in [-0.39, 0.29) is 5.82 Å². The topological polar surface area (TPSA) is 93.5 Å². The van der Waals surface area contributed by atoms with Gasteiger partial charge >= 0.3 is 0 Å². The Morgan fingerprint density at radius 1 is 1.45 bits per heavy atom. The largest absolute Gasteiger partial charge is 0.388 e. The molecular formula is C14H24N3O3PS. The van der Waals surface area contributed by atoms with Crippen LogP contribution in [-0.4, -0.2) is 63.9 Å². The maximum atomic E-state index is 10.3. The number of hydrogen-bond donors (Lipinski definition) is 3. The van der Waals surface area contributed by atoms with E-state index in [1.807, 2.05) is 0 Å². The molecule has 22 heavy (non-hydrogen) atoms. The number of rotatable bonds is 4. The van der Waals surface area contributed by atoms with Gasteiger partial charge in [-0.3, -0.25) is 0 Å². The van der Waals surface area contributed by atoms with Crippen molar-refractivity contribution in [3.63, 3.8) is 0 Å². The standard InChI is InChI=1S/C14H24N3O3PS/c1-17-7-8(13(15)16-14(17)22)12-11(19)10(18)9(20-12)5-6-21(2,3)4/h7,9-12,18-19H,2,5-6H2,1,3-4H3,(H2,15,16,22)/t9-,10-,11-,12+/m1/s1. The fraction of sp³-hybridized carbons (Fsp3) is 0.643. The van der Waals surface area contributed by atoms with E-state index in [2.05, 4.69) is 24.6 Å². The van der Waals surface area contributed by atoms with Gasteiger partial charge in [0.15, 0.2) is 0 Å². The molecule has 1 fully saturated rings. The van der Waals surface area contributed by atoms with Crippen molar-refractivity contribution >= 4 is 31.2 Å². The van der Waals surface area contributed by atoms with Crippen LogP contribution in [0, 0.1) is 4.77 Å². The number of aryl methyl sites for hydroxylation is 1. The fourth-order valence-corrected chi connectivity index (χ4v) is 3.62. The maximum absolute atomic E-state index is 10.3. The first-order valence-electron chi connectivity index (χ1n) is 7.12. The second-order valence-corrected chi connectivity index (χ2v) is 11.2. The Balaban J connectivity index is 2.21. The maximum Gasteiger partial charge on any atom is 0.201 e. The predicted octanol–water partition coefficient (Wildman–Crippen LogP) is 0.993. The van der Waals surface area contributed by atoms with Gasteiger partial charge < -0.3 is 25.3 Å². The summed E-state index contributed by atoms with van der Waals surface area (Å²) in [7, 11) is 1.75. The van der Waals surface area contributed by atoms with Crippen LogP contribution in [-0.2, 0) is 11.8 Å². The molecule has 2 rings (SSSR count). The van der Waals surface area contributed by atoms with Crippen molar-refractivity contribution in [2.45, 2.75) is 30.8 Å².